The van der Waals surface area contributed by atoms with Gasteiger partial charge in [-0.05, 0) is 37.5 Å². The van der Waals surface area contributed by atoms with Gasteiger partial charge in [0.05, 0.1) is 17.5 Å². The highest BCUT2D eigenvalue weighted by Gasteiger charge is 2.24. The van der Waals surface area contributed by atoms with Gasteiger partial charge in [-0.1, -0.05) is 0 Å². The van der Waals surface area contributed by atoms with Gasteiger partial charge in [0.2, 0.25) is 5.91 Å². The van der Waals surface area contributed by atoms with Gasteiger partial charge in [-0.25, -0.2) is 0 Å². The minimum Gasteiger partial charge on any atom is -0.397 e. The molecule has 1 aliphatic rings. The van der Waals surface area contributed by atoms with E-state index in [0.29, 0.717) is 23.4 Å². The van der Waals surface area contributed by atoms with Crippen molar-refractivity contribution in [2.75, 3.05) is 18.2 Å². The molecule has 1 aliphatic carbocycles. The highest BCUT2D eigenvalue weighted by Crippen LogP contribution is 2.27. The van der Waals surface area contributed by atoms with Crippen molar-refractivity contribution in [3.8, 4) is 0 Å². The maximum absolute atomic E-state index is 11.0. The molecule has 0 spiro atoms. The van der Waals surface area contributed by atoms with Crippen molar-refractivity contribution in [2.45, 2.75) is 31.4 Å². The second-order valence-corrected chi connectivity index (χ2v) is 4.68. The molecule has 5 N–H and O–H groups in total. The van der Waals surface area contributed by atoms with Gasteiger partial charge in [0.25, 0.3) is 0 Å². The molecule has 0 saturated heterocycles. The molecule has 2 unspecified atom stereocenters. The first-order valence-corrected chi connectivity index (χ1v) is 6.09. The fourth-order valence-corrected chi connectivity index (χ4v) is 2.35. The molecule has 1 saturated carbocycles. The van der Waals surface area contributed by atoms with Gasteiger partial charge in [-0.3, -0.25) is 4.79 Å². The van der Waals surface area contributed by atoms with Crippen LogP contribution in [0.2, 0.25) is 0 Å². The topological polar surface area (TPSA) is 90.4 Å². The summed E-state index contributed by atoms with van der Waals surface area (Å²) >= 11 is 0. The van der Waals surface area contributed by atoms with Crippen LogP contribution in [0.15, 0.2) is 18.2 Å². The lowest BCUT2D eigenvalue weighted by molar-refractivity contribution is 0.100. The Bertz CT molecular complexity index is 448. The lowest BCUT2D eigenvalue weighted by Gasteiger charge is -2.16. The minimum absolute atomic E-state index is 0.327. The maximum atomic E-state index is 11.0. The van der Waals surface area contributed by atoms with Crippen molar-refractivity contribution >= 4 is 17.3 Å². The van der Waals surface area contributed by atoms with E-state index in [1.54, 1.807) is 25.3 Å². The number of carbonyl (C=O) groups excluding carboxylic acids is 1. The van der Waals surface area contributed by atoms with E-state index in [1.165, 1.54) is 0 Å². The number of nitrogens with two attached hydrogens (primary N) is 2. The smallest absolute Gasteiger partial charge is 0.248 e. The second kappa shape index (κ2) is 5.27. The molecule has 98 valence electrons. The standard InChI is InChI=1S/C13H19N3O2/c1-18-10-4-3-9(7-10)16-12-5-2-8(13(15)17)6-11(12)14/h2,5-6,9-10,16H,3-4,7,14H2,1H3,(H2,15,17). The first-order valence-electron chi connectivity index (χ1n) is 6.09. The normalized spacial score (nSPS) is 22.9. The quantitative estimate of drug-likeness (QED) is 0.702. The lowest BCUT2D eigenvalue weighted by atomic mass is 10.1. The summed E-state index contributed by atoms with van der Waals surface area (Å²) in [5, 5.41) is 3.38. The third-order valence-corrected chi connectivity index (χ3v) is 3.41. The zero-order chi connectivity index (χ0) is 13.1. The van der Waals surface area contributed by atoms with Crippen LogP contribution in [0.1, 0.15) is 29.6 Å². The Hall–Kier alpha value is -1.75. The van der Waals surface area contributed by atoms with Crippen molar-refractivity contribution in [3.63, 3.8) is 0 Å². The van der Waals surface area contributed by atoms with E-state index in [4.69, 9.17) is 16.2 Å². The number of methoxy groups -OCH3 is 1. The largest absolute Gasteiger partial charge is 0.397 e. The number of amides is 1. The average molecular weight is 249 g/mol. The Kier molecular flexibility index (Phi) is 3.72. The minimum atomic E-state index is -0.464. The van der Waals surface area contributed by atoms with Crippen molar-refractivity contribution in [2.24, 2.45) is 5.73 Å². The van der Waals surface area contributed by atoms with E-state index >= 15 is 0 Å². The van der Waals surface area contributed by atoms with Crippen LogP contribution < -0.4 is 16.8 Å². The van der Waals surface area contributed by atoms with Crippen molar-refractivity contribution in [1.82, 2.24) is 0 Å². The third-order valence-electron chi connectivity index (χ3n) is 3.41. The molecule has 0 heterocycles. The van der Waals surface area contributed by atoms with Crippen LogP contribution >= 0.6 is 0 Å². The van der Waals surface area contributed by atoms with Gasteiger partial charge in [-0.2, -0.15) is 0 Å². The molecule has 0 aromatic heterocycles. The molecule has 5 heteroatoms. The molecule has 5 nitrogen and oxygen atoms in total. The molecular weight excluding hydrogens is 230 g/mol. The predicted molar refractivity (Wildman–Crippen MR) is 71.4 cm³/mol. The lowest BCUT2D eigenvalue weighted by Crippen LogP contribution is -2.18. The highest BCUT2D eigenvalue weighted by atomic mass is 16.5. The van der Waals surface area contributed by atoms with E-state index in [2.05, 4.69) is 5.32 Å². The fourth-order valence-electron chi connectivity index (χ4n) is 2.35. The summed E-state index contributed by atoms with van der Waals surface area (Å²) in [6, 6.07) is 5.46. The number of hydrogen-bond acceptors (Lipinski definition) is 4. The zero-order valence-electron chi connectivity index (χ0n) is 10.5. The Morgan fingerprint density at radius 2 is 2.22 bits per heavy atom. The number of hydrogen-bond donors (Lipinski definition) is 3. The molecule has 1 fully saturated rings. The molecule has 0 aliphatic heterocycles. The summed E-state index contributed by atoms with van der Waals surface area (Å²) in [4.78, 5) is 11.0. The Morgan fingerprint density at radius 3 is 2.78 bits per heavy atom. The number of carbonyl (C=O) groups is 1. The Balaban J connectivity index is 2.04. The van der Waals surface area contributed by atoms with Gasteiger partial charge < -0.3 is 21.5 Å². The number of rotatable bonds is 4. The van der Waals surface area contributed by atoms with Gasteiger partial charge >= 0.3 is 0 Å². The molecule has 2 atom stereocenters. The molecule has 1 aromatic rings. The second-order valence-electron chi connectivity index (χ2n) is 4.68. The zero-order valence-corrected chi connectivity index (χ0v) is 10.5. The van der Waals surface area contributed by atoms with Crippen molar-refractivity contribution in [1.29, 1.82) is 0 Å². The van der Waals surface area contributed by atoms with Crippen LogP contribution in [0, 0.1) is 0 Å². The number of nitrogens with one attached hydrogen (secondary N) is 1. The summed E-state index contributed by atoms with van der Waals surface area (Å²) < 4.78 is 5.33. The number of primary amides is 1. The molecule has 18 heavy (non-hydrogen) atoms. The third kappa shape index (κ3) is 2.73. The van der Waals surface area contributed by atoms with Crippen LogP contribution in [0.25, 0.3) is 0 Å². The van der Waals surface area contributed by atoms with Crippen LogP contribution in [-0.4, -0.2) is 25.2 Å². The van der Waals surface area contributed by atoms with Crippen molar-refractivity contribution in [3.05, 3.63) is 23.8 Å². The average Bonchev–Trinajstić information content (AvgIpc) is 2.79. The monoisotopic (exact) mass is 249 g/mol. The van der Waals surface area contributed by atoms with Gasteiger partial charge in [0.15, 0.2) is 0 Å². The molecule has 0 radical (unpaired) electrons. The maximum Gasteiger partial charge on any atom is 0.248 e. The van der Waals surface area contributed by atoms with Crippen LogP contribution in [0.3, 0.4) is 0 Å². The summed E-state index contributed by atoms with van der Waals surface area (Å²) in [5.41, 5.74) is 12.9. The number of nitrogen functional groups attached to an aromatic ring is 1. The number of benzene rings is 1. The highest BCUT2D eigenvalue weighted by molar-refractivity contribution is 5.94. The summed E-state index contributed by atoms with van der Waals surface area (Å²) in [6.45, 7) is 0. The van der Waals surface area contributed by atoms with Gasteiger partial charge in [0.1, 0.15) is 0 Å². The molecule has 0 bridgehead atoms. The van der Waals surface area contributed by atoms with E-state index in [-0.39, 0.29) is 0 Å². The molecular formula is C13H19N3O2. The molecule has 1 aromatic carbocycles. The SMILES string of the molecule is COC1CCC(Nc2ccc(C(N)=O)cc2N)C1. The fraction of sp³-hybridized carbons (Fsp3) is 0.462. The van der Waals surface area contributed by atoms with Crippen LogP contribution in [0.4, 0.5) is 11.4 Å². The van der Waals surface area contributed by atoms with E-state index in [9.17, 15) is 4.79 Å². The number of ether oxygens (including phenoxy) is 1. The van der Waals surface area contributed by atoms with E-state index in [1.807, 2.05) is 0 Å². The Labute approximate surface area is 106 Å². The summed E-state index contributed by atoms with van der Waals surface area (Å²) in [6.07, 6.45) is 3.44. The Morgan fingerprint density at radius 1 is 1.44 bits per heavy atom. The summed E-state index contributed by atoms with van der Waals surface area (Å²) in [5.74, 6) is -0.464. The van der Waals surface area contributed by atoms with E-state index in [0.717, 1.165) is 24.9 Å². The first kappa shape index (κ1) is 12.7. The molecule has 1 amide bonds. The summed E-state index contributed by atoms with van der Waals surface area (Å²) in [7, 11) is 1.74. The van der Waals surface area contributed by atoms with Crippen LogP contribution in [0.5, 0.6) is 0 Å². The molecule has 2 rings (SSSR count). The first-order chi connectivity index (χ1) is 8.60. The van der Waals surface area contributed by atoms with Crippen LogP contribution in [-0.2, 0) is 4.74 Å². The van der Waals surface area contributed by atoms with E-state index < -0.39 is 5.91 Å². The van der Waals surface area contributed by atoms with Gasteiger partial charge in [0, 0.05) is 18.7 Å². The number of anilines is 2. The van der Waals surface area contributed by atoms with Crippen molar-refractivity contribution < 1.29 is 9.53 Å². The predicted octanol–water partition coefficient (Wildman–Crippen LogP) is 1.35. The van der Waals surface area contributed by atoms with Gasteiger partial charge in [-0.15, -0.1) is 0 Å².